The van der Waals surface area contributed by atoms with E-state index in [0.717, 1.165) is 17.5 Å². The summed E-state index contributed by atoms with van der Waals surface area (Å²) in [5.74, 6) is -1.67. The van der Waals surface area contributed by atoms with Crippen molar-refractivity contribution in [3.63, 3.8) is 0 Å². The fourth-order valence-electron chi connectivity index (χ4n) is 5.68. The molecule has 5 rings (SSSR count). The first-order valence-corrected chi connectivity index (χ1v) is 11.5. The summed E-state index contributed by atoms with van der Waals surface area (Å²) in [7, 11) is 0. The number of nitrogens with zero attached hydrogens (tertiary/aromatic N) is 1. The van der Waals surface area contributed by atoms with Crippen molar-refractivity contribution in [2.24, 2.45) is 23.7 Å². The van der Waals surface area contributed by atoms with Gasteiger partial charge in [0.1, 0.15) is 0 Å². The number of fused-ring (bicyclic) bond motifs is 5. The van der Waals surface area contributed by atoms with E-state index in [2.05, 4.69) is 11.4 Å². The number of aryl methyl sites for hydroxylation is 2. The van der Waals surface area contributed by atoms with Gasteiger partial charge < -0.3 is 10.1 Å². The second kappa shape index (κ2) is 8.24. The number of allylic oxidation sites excluding steroid dienone is 2. The molecule has 1 N–H and O–H groups in total. The molecule has 0 radical (unpaired) electrons. The molecule has 2 fully saturated rings. The number of amides is 3. The summed E-state index contributed by atoms with van der Waals surface area (Å²) in [5.41, 5.74) is 4.44. The van der Waals surface area contributed by atoms with Gasteiger partial charge in [0.2, 0.25) is 11.8 Å². The van der Waals surface area contributed by atoms with Gasteiger partial charge in [0.05, 0.1) is 23.1 Å². The average molecular weight is 459 g/mol. The second-order valence-electron chi connectivity index (χ2n) is 9.42. The number of hydrogen-bond donors (Lipinski definition) is 1. The molecule has 174 valence electrons. The molecule has 2 aliphatic carbocycles. The molecular weight excluding hydrogens is 432 g/mol. The highest BCUT2D eigenvalue weighted by molar-refractivity contribution is 6.23. The number of rotatable bonds is 5. The molecule has 3 amide bonds. The van der Waals surface area contributed by atoms with Crippen molar-refractivity contribution in [2.75, 3.05) is 16.8 Å². The number of ether oxygens (including phenoxy) is 1. The van der Waals surface area contributed by atoms with Gasteiger partial charge in [0.25, 0.3) is 5.91 Å². The lowest BCUT2D eigenvalue weighted by Gasteiger charge is -2.19. The van der Waals surface area contributed by atoms with E-state index >= 15 is 0 Å². The van der Waals surface area contributed by atoms with E-state index in [1.807, 2.05) is 39.0 Å². The normalized spacial score (nSPS) is 24.8. The minimum atomic E-state index is -0.656. The number of para-hydroxylation sites is 1. The Morgan fingerprint density at radius 2 is 1.62 bits per heavy atom. The zero-order valence-corrected chi connectivity index (χ0v) is 19.3. The first-order chi connectivity index (χ1) is 16.3. The highest BCUT2D eigenvalue weighted by Crippen LogP contribution is 2.55. The summed E-state index contributed by atoms with van der Waals surface area (Å²) in [4.78, 5) is 52.0. The van der Waals surface area contributed by atoms with E-state index in [4.69, 9.17) is 4.74 Å². The molecule has 4 atom stereocenters. The molecule has 0 unspecified atom stereocenters. The molecule has 34 heavy (non-hydrogen) atoms. The average Bonchev–Trinajstić information content (AvgIpc) is 3.45. The zero-order chi connectivity index (χ0) is 24.1. The van der Waals surface area contributed by atoms with Crippen molar-refractivity contribution in [3.8, 4) is 0 Å². The van der Waals surface area contributed by atoms with E-state index < -0.39 is 18.5 Å². The van der Waals surface area contributed by atoms with Crippen LogP contribution in [-0.4, -0.2) is 30.3 Å². The first kappa shape index (κ1) is 22.1. The summed E-state index contributed by atoms with van der Waals surface area (Å²) in [6, 6.07) is 11.9. The number of anilines is 2. The highest BCUT2D eigenvalue weighted by atomic mass is 16.5. The van der Waals surface area contributed by atoms with Crippen LogP contribution in [-0.2, 0) is 19.1 Å². The second-order valence-corrected chi connectivity index (χ2v) is 9.42. The number of benzene rings is 2. The van der Waals surface area contributed by atoms with Crippen molar-refractivity contribution < 1.29 is 23.9 Å². The predicted molar refractivity (Wildman–Crippen MR) is 126 cm³/mol. The van der Waals surface area contributed by atoms with Gasteiger partial charge in [-0.15, -0.1) is 0 Å². The minimum Gasteiger partial charge on any atom is -0.452 e. The van der Waals surface area contributed by atoms with Gasteiger partial charge in [-0.1, -0.05) is 29.8 Å². The SMILES string of the molecule is CC1=C[C@H]2C[C@H]1[C@@H]1C(=O)N(c3ccc(C(=O)OCC(=O)Nc4c(C)cccc4C)cc3)C(=O)[C@@H]12. The number of esters is 1. The van der Waals surface area contributed by atoms with Crippen LogP contribution < -0.4 is 10.2 Å². The van der Waals surface area contributed by atoms with Gasteiger partial charge in [-0.3, -0.25) is 19.3 Å². The summed E-state index contributed by atoms with van der Waals surface area (Å²) in [6.07, 6.45) is 3.02. The molecule has 7 nitrogen and oxygen atoms in total. The van der Waals surface area contributed by atoms with E-state index in [9.17, 15) is 19.2 Å². The van der Waals surface area contributed by atoms with Crippen LogP contribution in [0.3, 0.4) is 0 Å². The monoisotopic (exact) mass is 458 g/mol. The molecule has 1 saturated carbocycles. The Hall–Kier alpha value is -3.74. The molecule has 3 aliphatic rings. The topological polar surface area (TPSA) is 92.8 Å². The Morgan fingerprint density at radius 3 is 2.29 bits per heavy atom. The van der Waals surface area contributed by atoms with E-state index in [0.29, 0.717) is 11.4 Å². The summed E-state index contributed by atoms with van der Waals surface area (Å²) >= 11 is 0. The molecule has 1 aliphatic heterocycles. The van der Waals surface area contributed by atoms with Crippen molar-refractivity contribution in [1.82, 2.24) is 0 Å². The standard InChI is InChI=1S/C27H26N2O5/c1-14-5-4-6-15(2)24(14)28-21(30)13-34-27(33)17-7-9-19(10-8-17)29-25(31)22-18-11-16(3)20(12-18)23(22)26(29)32/h4-11,18,20,22-23H,12-13H2,1-3H3,(H,28,30)/t18-,20+,22+,23-/m0/s1. The van der Waals surface area contributed by atoms with Gasteiger partial charge in [-0.2, -0.15) is 0 Å². The van der Waals surface area contributed by atoms with Crippen LogP contribution in [0, 0.1) is 37.5 Å². The summed E-state index contributed by atoms with van der Waals surface area (Å²) in [5, 5.41) is 2.77. The van der Waals surface area contributed by atoms with Crippen molar-refractivity contribution in [2.45, 2.75) is 27.2 Å². The highest BCUT2D eigenvalue weighted by Gasteiger charge is 2.60. The summed E-state index contributed by atoms with van der Waals surface area (Å²) in [6.45, 7) is 5.39. The van der Waals surface area contributed by atoms with Crippen molar-refractivity contribution in [3.05, 3.63) is 70.8 Å². The van der Waals surface area contributed by atoms with Crippen LogP contribution in [0.2, 0.25) is 0 Å². The van der Waals surface area contributed by atoms with Crippen molar-refractivity contribution >= 4 is 35.1 Å². The van der Waals surface area contributed by atoms with Crippen LogP contribution in [0.25, 0.3) is 0 Å². The Kier molecular flexibility index (Phi) is 5.35. The van der Waals surface area contributed by atoms with E-state index in [1.54, 1.807) is 12.1 Å². The molecule has 0 aromatic heterocycles. The number of hydrogen-bond acceptors (Lipinski definition) is 5. The lowest BCUT2D eigenvalue weighted by Crippen LogP contribution is -2.33. The maximum Gasteiger partial charge on any atom is 0.338 e. The van der Waals surface area contributed by atoms with Crippen LogP contribution in [0.1, 0.15) is 34.8 Å². The third kappa shape index (κ3) is 3.52. The number of carbonyl (C=O) groups excluding carboxylic acids is 4. The molecule has 2 bridgehead atoms. The molecule has 2 aromatic carbocycles. The third-order valence-electron chi connectivity index (χ3n) is 7.32. The van der Waals surface area contributed by atoms with Gasteiger partial charge in [0.15, 0.2) is 6.61 Å². The Morgan fingerprint density at radius 1 is 0.971 bits per heavy atom. The maximum absolute atomic E-state index is 13.1. The largest absolute Gasteiger partial charge is 0.452 e. The van der Waals surface area contributed by atoms with Crippen LogP contribution in [0.5, 0.6) is 0 Å². The third-order valence-corrected chi connectivity index (χ3v) is 7.32. The van der Waals surface area contributed by atoms with E-state index in [1.165, 1.54) is 22.6 Å². The first-order valence-electron chi connectivity index (χ1n) is 11.5. The van der Waals surface area contributed by atoms with Gasteiger partial charge in [-0.05, 0) is 74.4 Å². The smallest absolute Gasteiger partial charge is 0.338 e. The van der Waals surface area contributed by atoms with Crippen molar-refractivity contribution in [1.29, 1.82) is 0 Å². The van der Waals surface area contributed by atoms with Crippen LogP contribution in [0.15, 0.2) is 54.1 Å². The van der Waals surface area contributed by atoms with Crippen LogP contribution >= 0.6 is 0 Å². The van der Waals surface area contributed by atoms with Gasteiger partial charge >= 0.3 is 5.97 Å². The fraction of sp³-hybridized carbons (Fsp3) is 0.333. The van der Waals surface area contributed by atoms with Crippen LogP contribution in [0.4, 0.5) is 11.4 Å². The van der Waals surface area contributed by atoms with E-state index in [-0.39, 0.29) is 41.0 Å². The number of carbonyl (C=O) groups is 4. The molecular formula is C27H26N2O5. The Labute approximate surface area is 197 Å². The molecule has 7 heteroatoms. The Balaban J connectivity index is 1.22. The lowest BCUT2D eigenvalue weighted by atomic mass is 9.82. The lowest BCUT2D eigenvalue weighted by molar-refractivity contribution is -0.123. The molecule has 1 saturated heterocycles. The zero-order valence-electron chi connectivity index (χ0n) is 19.3. The molecule has 1 heterocycles. The molecule has 2 aromatic rings. The fourth-order valence-corrected chi connectivity index (χ4v) is 5.68. The minimum absolute atomic E-state index is 0.139. The number of nitrogens with one attached hydrogen (secondary N) is 1. The predicted octanol–water partition coefficient (Wildman–Crippen LogP) is 3.80. The Bertz CT molecular complexity index is 1230. The molecule has 0 spiro atoms. The summed E-state index contributed by atoms with van der Waals surface area (Å²) < 4.78 is 5.15. The van der Waals surface area contributed by atoms with Gasteiger partial charge in [-0.25, -0.2) is 4.79 Å². The maximum atomic E-state index is 13.1. The number of imide groups is 1. The quantitative estimate of drug-likeness (QED) is 0.418. The van der Waals surface area contributed by atoms with Gasteiger partial charge in [0, 0.05) is 5.69 Å².